The van der Waals surface area contributed by atoms with Crippen LogP contribution in [0.25, 0.3) is 0 Å². The fourth-order valence-corrected chi connectivity index (χ4v) is 2.36. The summed E-state index contributed by atoms with van der Waals surface area (Å²) >= 11 is 0. The first-order valence-electron chi connectivity index (χ1n) is 4.18. The normalized spacial score (nSPS) is 61.3. The summed E-state index contributed by atoms with van der Waals surface area (Å²) in [5.74, 6) is 0.839. The van der Waals surface area contributed by atoms with Gasteiger partial charge in [-0.15, -0.1) is 0 Å². The third-order valence-corrected chi connectivity index (χ3v) is 3.82. The summed E-state index contributed by atoms with van der Waals surface area (Å²) in [6.45, 7) is 8.05. The van der Waals surface area contributed by atoms with Crippen molar-refractivity contribution in [3.05, 3.63) is 0 Å². The molecule has 0 radical (unpaired) electrons. The Kier molecular flexibility index (Phi) is 1.02. The fraction of sp³-hybridized carbons (Fsp3) is 0.889. The molecule has 0 aromatic carbocycles. The number of carbonyl (C=O) groups excluding carboxylic acids is 1. The highest BCUT2D eigenvalue weighted by atomic mass is 16.6. The van der Waals surface area contributed by atoms with Gasteiger partial charge in [0.25, 0.3) is 0 Å². The Hall–Kier alpha value is -0.370. The molecule has 1 aliphatic carbocycles. The van der Waals surface area contributed by atoms with Crippen LogP contribution in [-0.4, -0.2) is 17.0 Å². The quantitative estimate of drug-likeness (QED) is 0.493. The predicted molar refractivity (Wildman–Crippen MR) is 41.2 cm³/mol. The van der Waals surface area contributed by atoms with Gasteiger partial charge in [-0.05, 0) is 19.8 Å². The maximum Gasteiger partial charge on any atom is 0.170 e. The third-order valence-electron chi connectivity index (χ3n) is 3.82. The molecule has 2 rings (SSSR count). The van der Waals surface area contributed by atoms with Gasteiger partial charge < -0.3 is 4.74 Å². The van der Waals surface area contributed by atoms with E-state index in [1.165, 1.54) is 0 Å². The lowest BCUT2D eigenvalue weighted by molar-refractivity contribution is -0.127. The second-order valence-corrected chi connectivity index (χ2v) is 4.18. The van der Waals surface area contributed by atoms with Crippen LogP contribution in [-0.2, 0) is 9.53 Å². The Morgan fingerprint density at radius 3 is 2.09 bits per heavy atom. The highest BCUT2D eigenvalue weighted by Crippen LogP contribution is 2.61. The SMILES string of the molecule is C[C@H]1C(=O)C2(C)OC2(C)[C@H]1C. The van der Waals surface area contributed by atoms with Gasteiger partial charge in [0.2, 0.25) is 0 Å². The molecule has 0 amide bonds. The minimum absolute atomic E-state index is 0.149. The lowest BCUT2D eigenvalue weighted by Crippen LogP contribution is -2.22. The molecule has 2 heteroatoms. The van der Waals surface area contributed by atoms with Crippen LogP contribution in [0.3, 0.4) is 0 Å². The van der Waals surface area contributed by atoms with Crippen LogP contribution >= 0.6 is 0 Å². The Morgan fingerprint density at radius 2 is 1.91 bits per heavy atom. The van der Waals surface area contributed by atoms with Gasteiger partial charge in [-0.1, -0.05) is 13.8 Å². The summed E-state index contributed by atoms with van der Waals surface area (Å²) < 4.78 is 5.47. The van der Waals surface area contributed by atoms with Gasteiger partial charge in [0.1, 0.15) is 5.60 Å². The van der Waals surface area contributed by atoms with Crippen molar-refractivity contribution >= 4 is 5.78 Å². The topological polar surface area (TPSA) is 29.6 Å². The molecule has 2 fully saturated rings. The summed E-state index contributed by atoms with van der Waals surface area (Å²) in [6, 6.07) is 0. The van der Waals surface area contributed by atoms with Gasteiger partial charge in [0.05, 0.1) is 0 Å². The van der Waals surface area contributed by atoms with E-state index >= 15 is 0 Å². The van der Waals surface area contributed by atoms with E-state index in [4.69, 9.17) is 4.74 Å². The summed E-state index contributed by atoms with van der Waals surface area (Å²) in [5, 5.41) is 0. The van der Waals surface area contributed by atoms with E-state index in [0.29, 0.717) is 5.92 Å². The van der Waals surface area contributed by atoms with E-state index in [-0.39, 0.29) is 17.3 Å². The number of rotatable bonds is 0. The first-order valence-corrected chi connectivity index (χ1v) is 4.18. The molecule has 0 spiro atoms. The van der Waals surface area contributed by atoms with Crippen molar-refractivity contribution in [3.63, 3.8) is 0 Å². The highest BCUT2D eigenvalue weighted by Gasteiger charge is 2.77. The molecule has 0 aromatic rings. The maximum absolute atomic E-state index is 11.6. The zero-order valence-electron chi connectivity index (χ0n) is 7.47. The van der Waals surface area contributed by atoms with E-state index in [1.807, 2.05) is 20.8 Å². The minimum Gasteiger partial charge on any atom is -0.354 e. The van der Waals surface area contributed by atoms with Crippen molar-refractivity contribution in [3.8, 4) is 0 Å². The molecule has 0 N–H and O–H groups in total. The lowest BCUT2D eigenvalue weighted by Gasteiger charge is -2.14. The van der Waals surface area contributed by atoms with E-state index < -0.39 is 5.60 Å². The molecule has 4 atom stereocenters. The number of epoxide rings is 1. The Bertz CT molecular complexity index is 236. The molecular formula is C9H14O2. The van der Waals surface area contributed by atoms with Gasteiger partial charge in [-0.3, -0.25) is 4.79 Å². The lowest BCUT2D eigenvalue weighted by atomic mass is 9.91. The fourth-order valence-electron chi connectivity index (χ4n) is 2.36. The highest BCUT2D eigenvalue weighted by molar-refractivity contribution is 5.96. The molecule has 1 heterocycles. The third kappa shape index (κ3) is 0.527. The van der Waals surface area contributed by atoms with Crippen molar-refractivity contribution in [1.29, 1.82) is 0 Å². The molecule has 11 heavy (non-hydrogen) atoms. The van der Waals surface area contributed by atoms with Crippen molar-refractivity contribution in [2.24, 2.45) is 11.8 Å². The van der Waals surface area contributed by atoms with Gasteiger partial charge in [0, 0.05) is 5.92 Å². The minimum atomic E-state index is -0.439. The van der Waals surface area contributed by atoms with Crippen molar-refractivity contribution < 1.29 is 9.53 Å². The van der Waals surface area contributed by atoms with Gasteiger partial charge in [0.15, 0.2) is 11.4 Å². The number of carbonyl (C=O) groups is 1. The van der Waals surface area contributed by atoms with Crippen LogP contribution in [0.2, 0.25) is 0 Å². The molecule has 1 aliphatic heterocycles. The van der Waals surface area contributed by atoms with E-state index in [9.17, 15) is 4.79 Å². The van der Waals surface area contributed by atoms with Crippen LogP contribution < -0.4 is 0 Å². The van der Waals surface area contributed by atoms with Crippen LogP contribution in [0.1, 0.15) is 27.7 Å². The standard InChI is InChI=1S/C9H14O2/c1-5-6(2)8(3)9(4,11-8)7(5)10/h5-6H,1-4H3/t5-,6+,8?,9?/m1/s1. The Balaban J connectivity index is 2.41. The first kappa shape index (κ1) is 7.29. The number of ether oxygens (including phenoxy) is 1. The van der Waals surface area contributed by atoms with Crippen molar-refractivity contribution in [1.82, 2.24) is 0 Å². The molecule has 62 valence electrons. The van der Waals surface area contributed by atoms with Crippen molar-refractivity contribution in [2.75, 3.05) is 0 Å². The summed E-state index contributed by atoms with van der Waals surface area (Å²) in [4.78, 5) is 11.6. The molecule has 2 unspecified atom stereocenters. The molecule has 0 bridgehead atoms. The average molecular weight is 154 g/mol. The zero-order valence-corrected chi connectivity index (χ0v) is 7.47. The number of hydrogen-bond acceptors (Lipinski definition) is 2. The molecule has 0 aromatic heterocycles. The predicted octanol–water partition coefficient (Wildman–Crippen LogP) is 1.39. The number of hydrogen-bond donors (Lipinski definition) is 0. The second kappa shape index (κ2) is 1.53. The summed E-state index contributed by atoms with van der Waals surface area (Å²) in [6.07, 6.45) is 0. The summed E-state index contributed by atoms with van der Waals surface area (Å²) in [7, 11) is 0. The first-order chi connectivity index (χ1) is 4.93. The zero-order chi connectivity index (χ0) is 8.44. The van der Waals surface area contributed by atoms with Crippen LogP contribution in [0.5, 0.6) is 0 Å². The number of Topliss-reactive ketones (excluding diaryl/α,β-unsaturated/α-hetero) is 1. The van der Waals surface area contributed by atoms with Crippen molar-refractivity contribution in [2.45, 2.75) is 38.9 Å². The monoisotopic (exact) mass is 154 g/mol. The molecule has 2 aliphatic rings. The maximum atomic E-state index is 11.6. The number of fused-ring (bicyclic) bond motifs is 1. The van der Waals surface area contributed by atoms with Gasteiger partial charge in [-0.2, -0.15) is 0 Å². The van der Waals surface area contributed by atoms with Crippen LogP contribution in [0.15, 0.2) is 0 Å². The van der Waals surface area contributed by atoms with E-state index in [1.54, 1.807) is 0 Å². The number of ketones is 1. The van der Waals surface area contributed by atoms with Gasteiger partial charge in [-0.25, -0.2) is 0 Å². The average Bonchev–Trinajstić information content (AvgIpc) is 2.49. The molecular weight excluding hydrogens is 140 g/mol. The van der Waals surface area contributed by atoms with E-state index in [2.05, 4.69) is 6.92 Å². The molecule has 2 nitrogen and oxygen atoms in total. The second-order valence-electron chi connectivity index (χ2n) is 4.18. The van der Waals surface area contributed by atoms with Crippen LogP contribution in [0, 0.1) is 11.8 Å². The van der Waals surface area contributed by atoms with E-state index in [0.717, 1.165) is 0 Å². The largest absolute Gasteiger partial charge is 0.354 e. The van der Waals surface area contributed by atoms with Gasteiger partial charge >= 0.3 is 0 Å². The van der Waals surface area contributed by atoms with Crippen LogP contribution in [0.4, 0.5) is 0 Å². The smallest absolute Gasteiger partial charge is 0.170 e. The Labute approximate surface area is 66.9 Å². The molecule has 1 saturated heterocycles. The summed E-state index contributed by atoms with van der Waals surface area (Å²) in [5.41, 5.74) is -0.588. The molecule has 1 saturated carbocycles. The Morgan fingerprint density at radius 1 is 1.36 bits per heavy atom.